The molecule has 0 N–H and O–H groups in total. The quantitative estimate of drug-likeness (QED) is 0.527. The Hall–Kier alpha value is -3.39. The molecule has 0 unspecified atom stereocenters. The molecule has 1 aromatic heterocycles. The predicted molar refractivity (Wildman–Crippen MR) is 129 cm³/mol. The number of rotatable bonds is 7. The van der Waals surface area contributed by atoms with Crippen LogP contribution in [0.1, 0.15) is 32.2 Å². The zero-order valence-electron chi connectivity index (χ0n) is 20.3. The minimum Gasteiger partial charge on any atom is -0.497 e. The van der Waals surface area contributed by atoms with Gasteiger partial charge in [-0.1, -0.05) is 38.1 Å². The molecule has 8 heteroatoms. The number of hydrogen-bond acceptors (Lipinski definition) is 7. The number of aromatic nitrogens is 2. The third-order valence-corrected chi connectivity index (χ3v) is 5.98. The molecule has 8 nitrogen and oxygen atoms in total. The Balaban J connectivity index is 1.22. The molecule has 1 aliphatic rings. The van der Waals surface area contributed by atoms with Crippen LogP contribution in [0, 0.1) is 0 Å². The van der Waals surface area contributed by atoms with Gasteiger partial charge in [-0.25, -0.2) is 0 Å². The topological polar surface area (TPSA) is 80.9 Å². The first-order valence-corrected chi connectivity index (χ1v) is 11.5. The first kappa shape index (κ1) is 23.8. The molecular formula is C26H32N4O4. The van der Waals surface area contributed by atoms with Crippen LogP contribution in [0.25, 0.3) is 11.4 Å². The summed E-state index contributed by atoms with van der Waals surface area (Å²) in [6, 6.07) is 15.5. The minimum atomic E-state index is -0.000805. The van der Waals surface area contributed by atoms with E-state index in [0.29, 0.717) is 37.1 Å². The second-order valence-corrected chi connectivity index (χ2v) is 9.46. The predicted octanol–water partition coefficient (Wildman–Crippen LogP) is 3.77. The Morgan fingerprint density at radius 2 is 1.62 bits per heavy atom. The molecule has 2 aromatic carbocycles. The van der Waals surface area contributed by atoms with E-state index in [1.807, 2.05) is 41.3 Å². The molecule has 180 valence electrons. The van der Waals surface area contributed by atoms with Gasteiger partial charge in [-0.3, -0.25) is 9.69 Å². The van der Waals surface area contributed by atoms with Crippen molar-refractivity contribution >= 4 is 5.91 Å². The van der Waals surface area contributed by atoms with Crippen molar-refractivity contribution in [3.8, 4) is 22.9 Å². The van der Waals surface area contributed by atoms with Crippen molar-refractivity contribution in [3.63, 3.8) is 0 Å². The Morgan fingerprint density at radius 1 is 0.971 bits per heavy atom. The van der Waals surface area contributed by atoms with Crippen LogP contribution in [0.5, 0.6) is 11.5 Å². The fourth-order valence-corrected chi connectivity index (χ4v) is 3.81. The second-order valence-electron chi connectivity index (χ2n) is 9.46. The van der Waals surface area contributed by atoms with E-state index in [-0.39, 0.29) is 17.9 Å². The minimum absolute atomic E-state index is 0.000805. The number of hydrogen-bond donors (Lipinski definition) is 0. The molecule has 1 fully saturated rings. The SMILES string of the molecule is COc1ccc(-c2noc(CN3CCN(C(=O)COc4ccc(C(C)(C)C)cc4)CC3)n2)cc1. The van der Waals surface area contributed by atoms with Gasteiger partial charge in [-0.2, -0.15) is 4.98 Å². The molecule has 0 saturated carbocycles. The third-order valence-electron chi connectivity index (χ3n) is 5.98. The zero-order valence-corrected chi connectivity index (χ0v) is 20.3. The van der Waals surface area contributed by atoms with Gasteiger partial charge in [0, 0.05) is 31.7 Å². The molecule has 0 radical (unpaired) electrons. The third kappa shape index (κ3) is 5.94. The lowest BCUT2D eigenvalue weighted by Crippen LogP contribution is -2.49. The summed E-state index contributed by atoms with van der Waals surface area (Å²) in [4.78, 5) is 21.2. The number of carbonyl (C=O) groups is 1. The molecule has 0 spiro atoms. The van der Waals surface area contributed by atoms with Crippen LogP contribution in [0.3, 0.4) is 0 Å². The summed E-state index contributed by atoms with van der Waals surface area (Å²) < 4.78 is 16.3. The van der Waals surface area contributed by atoms with Crippen LogP contribution in [0.15, 0.2) is 53.1 Å². The summed E-state index contributed by atoms with van der Waals surface area (Å²) in [5, 5.41) is 4.09. The monoisotopic (exact) mass is 464 g/mol. The largest absolute Gasteiger partial charge is 0.497 e. The Bertz CT molecular complexity index is 1080. The van der Waals surface area contributed by atoms with Crippen molar-refractivity contribution in [1.82, 2.24) is 19.9 Å². The normalized spacial score (nSPS) is 14.8. The van der Waals surface area contributed by atoms with Gasteiger partial charge in [0.15, 0.2) is 6.61 Å². The van der Waals surface area contributed by atoms with Crippen molar-refractivity contribution in [3.05, 3.63) is 60.0 Å². The van der Waals surface area contributed by atoms with Gasteiger partial charge in [0.05, 0.1) is 13.7 Å². The lowest BCUT2D eigenvalue weighted by atomic mass is 9.87. The lowest BCUT2D eigenvalue weighted by Gasteiger charge is -2.33. The number of methoxy groups -OCH3 is 1. The van der Waals surface area contributed by atoms with Crippen molar-refractivity contribution < 1.29 is 18.8 Å². The Morgan fingerprint density at radius 3 is 2.24 bits per heavy atom. The van der Waals surface area contributed by atoms with Gasteiger partial charge in [-0.05, 0) is 47.4 Å². The van der Waals surface area contributed by atoms with E-state index >= 15 is 0 Å². The molecule has 34 heavy (non-hydrogen) atoms. The highest BCUT2D eigenvalue weighted by atomic mass is 16.5. The summed E-state index contributed by atoms with van der Waals surface area (Å²) in [7, 11) is 1.63. The van der Waals surface area contributed by atoms with Crippen LogP contribution in [0.4, 0.5) is 0 Å². The highest BCUT2D eigenvalue weighted by molar-refractivity contribution is 5.77. The van der Waals surface area contributed by atoms with E-state index in [1.54, 1.807) is 7.11 Å². The van der Waals surface area contributed by atoms with E-state index in [9.17, 15) is 4.79 Å². The number of amides is 1. The van der Waals surface area contributed by atoms with Crippen LogP contribution >= 0.6 is 0 Å². The number of nitrogens with zero attached hydrogens (tertiary/aromatic N) is 4. The maximum atomic E-state index is 12.6. The maximum Gasteiger partial charge on any atom is 0.260 e. The standard InChI is InChI=1S/C26H32N4O4/c1-26(2,3)20-7-11-22(12-8-20)33-18-24(31)30-15-13-29(14-16-30)17-23-27-25(28-34-23)19-5-9-21(32-4)10-6-19/h5-12H,13-18H2,1-4H3. The van der Waals surface area contributed by atoms with Gasteiger partial charge in [0.1, 0.15) is 11.5 Å². The molecule has 1 saturated heterocycles. The first-order chi connectivity index (χ1) is 16.3. The first-order valence-electron chi connectivity index (χ1n) is 11.5. The van der Waals surface area contributed by atoms with E-state index in [4.69, 9.17) is 14.0 Å². The Labute approximate surface area is 200 Å². The van der Waals surface area contributed by atoms with Crippen LogP contribution in [-0.4, -0.2) is 65.7 Å². The van der Waals surface area contributed by atoms with Crippen LogP contribution in [0.2, 0.25) is 0 Å². The van der Waals surface area contributed by atoms with Gasteiger partial charge in [0.25, 0.3) is 5.91 Å². The maximum absolute atomic E-state index is 12.6. The zero-order chi connectivity index (χ0) is 24.1. The highest BCUT2D eigenvalue weighted by Crippen LogP contribution is 2.24. The van der Waals surface area contributed by atoms with Crippen molar-refractivity contribution in [2.45, 2.75) is 32.7 Å². The van der Waals surface area contributed by atoms with Crippen molar-refractivity contribution in [1.29, 1.82) is 0 Å². The highest BCUT2D eigenvalue weighted by Gasteiger charge is 2.23. The average Bonchev–Trinajstić information content (AvgIpc) is 3.31. The molecular weight excluding hydrogens is 432 g/mol. The fraction of sp³-hybridized carbons (Fsp3) is 0.423. The molecule has 4 rings (SSSR count). The number of ether oxygens (including phenoxy) is 2. The summed E-state index contributed by atoms with van der Waals surface area (Å²) in [6.07, 6.45) is 0. The lowest BCUT2D eigenvalue weighted by molar-refractivity contribution is -0.135. The van der Waals surface area contributed by atoms with Crippen molar-refractivity contribution in [2.75, 3.05) is 39.9 Å². The summed E-state index contributed by atoms with van der Waals surface area (Å²) in [5.74, 6) is 2.61. The molecule has 3 aromatic rings. The summed E-state index contributed by atoms with van der Waals surface area (Å²) in [6.45, 7) is 9.89. The molecule has 0 atom stereocenters. The molecule has 0 aliphatic carbocycles. The second kappa shape index (κ2) is 10.3. The van der Waals surface area contributed by atoms with Gasteiger partial charge in [0.2, 0.25) is 11.7 Å². The van der Waals surface area contributed by atoms with Crippen LogP contribution in [-0.2, 0) is 16.8 Å². The molecule has 1 aliphatic heterocycles. The van der Waals surface area contributed by atoms with E-state index in [2.05, 4.69) is 47.9 Å². The van der Waals surface area contributed by atoms with E-state index < -0.39 is 0 Å². The van der Waals surface area contributed by atoms with Crippen molar-refractivity contribution in [2.24, 2.45) is 0 Å². The fourth-order valence-electron chi connectivity index (χ4n) is 3.81. The van der Waals surface area contributed by atoms with E-state index in [0.717, 1.165) is 24.4 Å². The Kier molecular flexibility index (Phi) is 7.17. The summed E-state index contributed by atoms with van der Waals surface area (Å²) >= 11 is 0. The number of benzene rings is 2. The number of piperazine rings is 1. The number of carbonyl (C=O) groups excluding carboxylic acids is 1. The van der Waals surface area contributed by atoms with Gasteiger partial charge in [-0.15, -0.1) is 0 Å². The summed E-state index contributed by atoms with van der Waals surface area (Å²) in [5.41, 5.74) is 2.20. The van der Waals surface area contributed by atoms with Crippen LogP contribution < -0.4 is 9.47 Å². The van der Waals surface area contributed by atoms with Gasteiger partial charge >= 0.3 is 0 Å². The average molecular weight is 465 g/mol. The van der Waals surface area contributed by atoms with Gasteiger partial charge < -0.3 is 18.9 Å². The molecule has 2 heterocycles. The molecule has 1 amide bonds. The van der Waals surface area contributed by atoms with E-state index in [1.165, 1.54) is 5.56 Å². The smallest absolute Gasteiger partial charge is 0.260 e. The molecule has 0 bridgehead atoms.